The minimum absolute atomic E-state index is 1.07. The third kappa shape index (κ3) is 1.04. The lowest BCUT2D eigenvalue weighted by Crippen LogP contribution is -2.04. The average molecular weight is 90.9 g/mol. The molecule has 0 saturated carbocycles. The Hall–Kier alpha value is -0.785. The SMILES string of the molecule is Bc1ccccn1. The molecule has 1 heterocycles. The summed E-state index contributed by atoms with van der Waals surface area (Å²) in [6.07, 6.45) is 1.79. The van der Waals surface area contributed by atoms with Gasteiger partial charge in [-0.05, 0) is 11.7 Å². The molecule has 0 aromatic carbocycles. The van der Waals surface area contributed by atoms with Crippen LogP contribution in [0.15, 0.2) is 24.4 Å². The Bertz CT molecular complexity index is 138. The van der Waals surface area contributed by atoms with Crippen molar-refractivity contribution in [3.8, 4) is 0 Å². The molecule has 0 amide bonds. The smallest absolute Gasteiger partial charge is 0.163 e. The molecule has 34 valence electrons. The molecule has 0 fully saturated rings. The second kappa shape index (κ2) is 1.78. The summed E-state index contributed by atoms with van der Waals surface area (Å²) in [5.41, 5.74) is 1.07. The summed E-state index contributed by atoms with van der Waals surface area (Å²) in [5, 5.41) is 0. The van der Waals surface area contributed by atoms with Gasteiger partial charge in [-0.2, -0.15) is 0 Å². The van der Waals surface area contributed by atoms with E-state index in [9.17, 15) is 0 Å². The lowest BCUT2D eigenvalue weighted by molar-refractivity contribution is 1.39. The summed E-state index contributed by atoms with van der Waals surface area (Å²) >= 11 is 0. The number of nitrogens with zero attached hydrogens (tertiary/aromatic N) is 1. The van der Waals surface area contributed by atoms with Gasteiger partial charge in [0.05, 0.1) is 0 Å². The zero-order chi connectivity index (χ0) is 5.11. The van der Waals surface area contributed by atoms with Crippen LogP contribution in [0.1, 0.15) is 0 Å². The first kappa shape index (κ1) is 4.38. The highest BCUT2D eigenvalue weighted by atomic mass is 14.6. The molecule has 1 nitrogen and oxygen atoms in total. The average Bonchev–Trinajstić information content (AvgIpc) is 1.69. The molecule has 1 aromatic rings. The molecule has 1 rings (SSSR count). The molecule has 0 saturated heterocycles. The van der Waals surface area contributed by atoms with Crippen LogP contribution in [0.5, 0.6) is 0 Å². The van der Waals surface area contributed by atoms with Gasteiger partial charge in [-0.3, -0.25) is 4.98 Å². The van der Waals surface area contributed by atoms with Gasteiger partial charge in [0.15, 0.2) is 7.85 Å². The maximum absolute atomic E-state index is 3.98. The van der Waals surface area contributed by atoms with Gasteiger partial charge >= 0.3 is 0 Å². The van der Waals surface area contributed by atoms with Gasteiger partial charge in [0.1, 0.15) is 0 Å². The summed E-state index contributed by atoms with van der Waals surface area (Å²) in [5.74, 6) is 0. The van der Waals surface area contributed by atoms with Gasteiger partial charge in [0.25, 0.3) is 0 Å². The van der Waals surface area contributed by atoms with E-state index in [0.29, 0.717) is 0 Å². The molecule has 2 heteroatoms. The van der Waals surface area contributed by atoms with Crippen LogP contribution >= 0.6 is 0 Å². The van der Waals surface area contributed by atoms with E-state index < -0.39 is 0 Å². The molecule has 0 spiro atoms. The summed E-state index contributed by atoms with van der Waals surface area (Å²) in [6.45, 7) is 0. The minimum atomic E-state index is 1.07. The van der Waals surface area contributed by atoms with Gasteiger partial charge in [0, 0.05) is 6.20 Å². The molecule has 0 unspecified atom stereocenters. The minimum Gasteiger partial charge on any atom is -0.272 e. The van der Waals surface area contributed by atoms with Crippen molar-refractivity contribution in [2.45, 2.75) is 0 Å². The highest BCUT2D eigenvalue weighted by Gasteiger charge is 1.73. The zero-order valence-electron chi connectivity index (χ0n) is 4.26. The Morgan fingerprint density at radius 2 is 2.29 bits per heavy atom. The van der Waals surface area contributed by atoms with Gasteiger partial charge in [0.2, 0.25) is 0 Å². The Morgan fingerprint density at radius 1 is 1.43 bits per heavy atom. The largest absolute Gasteiger partial charge is 0.272 e. The van der Waals surface area contributed by atoms with Crippen molar-refractivity contribution in [2.24, 2.45) is 0 Å². The van der Waals surface area contributed by atoms with Crippen LogP contribution in [0.2, 0.25) is 0 Å². The Morgan fingerprint density at radius 3 is 2.57 bits per heavy atom. The summed E-state index contributed by atoms with van der Waals surface area (Å²) in [6, 6.07) is 5.86. The first-order valence-corrected chi connectivity index (χ1v) is 2.27. The Kier molecular flexibility index (Phi) is 1.11. The van der Waals surface area contributed by atoms with Crippen LogP contribution in [0.25, 0.3) is 0 Å². The van der Waals surface area contributed by atoms with E-state index in [1.807, 2.05) is 26.0 Å². The maximum Gasteiger partial charge on any atom is 0.163 e. The molecule has 0 aliphatic carbocycles. The summed E-state index contributed by atoms with van der Waals surface area (Å²) < 4.78 is 0. The quantitative estimate of drug-likeness (QED) is 0.386. The number of aromatic nitrogens is 1. The lowest BCUT2D eigenvalue weighted by Gasteiger charge is -1.82. The number of hydrogen-bond acceptors (Lipinski definition) is 1. The van der Waals surface area contributed by atoms with Gasteiger partial charge in [-0.1, -0.05) is 12.1 Å². The molecule has 0 N–H and O–H groups in total. The van der Waals surface area contributed by atoms with E-state index in [4.69, 9.17) is 0 Å². The molecule has 0 radical (unpaired) electrons. The second-order valence-corrected chi connectivity index (χ2v) is 1.47. The van der Waals surface area contributed by atoms with E-state index in [1.54, 1.807) is 6.20 Å². The molecular weight excluding hydrogens is 84.9 g/mol. The van der Waals surface area contributed by atoms with Crippen molar-refractivity contribution in [1.82, 2.24) is 4.98 Å². The fourth-order valence-corrected chi connectivity index (χ4v) is 0.448. The predicted octanol–water partition coefficient (Wildman–Crippen LogP) is -0.660. The van der Waals surface area contributed by atoms with Crippen molar-refractivity contribution < 1.29 is 0 Å². The molecule has 1 aromatic heterocycles. The van der Waals surface area contributed by atoms with Crippen LogP contribution in [0.4, 0.5) is 0 Å². The van der Waals surface area contributed by atoms with Gasteiger partial charge < -0.3 is 0 Å². The highest BCUT2D eigenvalue weighted by molar-refractivity contribution is 6.30. The summed E-state index contributed by atoms with van der Waals surface area (Å²) in [4.78, 5) is 3.98. The van der Waals surface area contributed by atoms with Crippen molar-refractivity contribution in [2.75, 3.05) is 0 Å². The Labute approximate surface area is 43.8 Å². The van der Waals surface area contributed by atoms with Crippen molar-refractivity contribution in [3.05, 3.63) is 24.4 Å². The lowest BCUT2D eigenvalue weighted by atomic mass is 10.1. The molecule has 0 aliphatic heterocycles. The molecule has 7 heavy (non-hydrogen) atoms. The molecule has 0 atom stereocenters. The monoisotopic (exact) mass is 91.1 g/mol. The van der Waals surface area contributed by atoms with E-state index in [1.165, 1.54) is 0 Å². The third-order valence-electron chi connectivity index (χ3n) is 0.813. The van der Waals surface area contributed by atoms with Crippen LogP contribution < -0.4 is 5.59 Å². The zero-order valence-corrected chi connectivity index (χ0v) is 4.26. The van der Waals surface area contributed by atoms with E-state index >= 15 is 0 Å². The third-order valence-corrected chi connectivity index (χ3v) is 0.813. The van der Waals surface area contributed by atoms with Crippen LogP contribution in [-0.4, -0.2) is 12.8 Å². The summed E-state index contributed by atoms with van der Waals surface area (Å²) in [7, 11) is 1.97. The van der Waals surface area contributed by atoms with Gasteiger partial charge in [-0.25, -0.2) is 0 Å². The number of rotatable bonds is 0. The maximum atomic E-state index is 3.98. The first-order valence-electron chi connectivity index (χ1n) is 2.27. The van der Waals surface area contributed by atoms with E-state index in [-0.39, 0.29) is 0 Å². The topological polar surface area (TPSA) is 12.9 Å². The first-order chi connectivity index (χ1) is 3.39. The van der Waals surface area contributed by atoms with Crippen molar-refractivity contribution >= 4 is 13.4 Å². The number of pyridine rings is 1. The van der Waals surface area contributed by atoms with Crippen LogP contribution in [-0.2, 0) is 0 Å². The van der Waals surface area contributed by atoms with Crippen LogP contribution in [0, 0.1) is 0 Å². The fraction of sp³-hybridized carbons (Fsp3) is 0. The van der Waals surface area contributed by atoms with Gasteiger partial charge in [-0.15, -0.1) is 0 Å². The molecular formula is C5H6BN. The van der Waals surface area contributed by atoms with Crippen LogP contribution in [0.3, 0.4) is 0 Å². The molecule has 0 aliphatic rings. The normalized spacial score (nSPS) is 8.57. The standard InChI is InChI=1S/C5H6BN/c6-5-3-1-2-4-7-5/h1-4H,6H2. The fourth-order valence-electron chi connectivity index (χ4n) is 0.448. The van der Waals surface area contributed by atoms with Crippen molar-refractivity contribution in [3.63, 3.8) is 0 Å². The second-order valence-electron chi connectivity index (χ2n) is 1.47. The highest BCUT2D eigenvalue weighted by Crippen LogP contribution is 1.70. The predicted molar refractivity (Wildman–Crippen MR) is 32.4 cm³/mol. The van der Waals surface area contributed by atoms with Crippen molar-refractivity contribution in [1.29, 1.82) is 0 Å². The van der Waals surface area contributed by atoms with E-state index in [2.05, 4.69) is 4.98 Å². The van der Waals surface area contributed by atoms with E-state index in [0.717, 1.165) is 5.59 Å². The number of hydrogen-bond donors (Lipinski definition) is 0. The molecule has 0 bridgehead atoms. The Balaban J connectivity index is 3.02.